The number of halogens is 1. The van der Waals surface area contributed by atoms with Crippen LogP contribution in [0.25, 0.3) is 33.5 Å². The molecule has 4 aromatic rings. The van der Waals surface area contributed by atoms with Crippen LogP contribution in [0, 0.1) is 24.1 Å². The van der Waals surface area contributed by atoms with E-state index >= 15 is 0 Å². The zero-order valence-corrected chi connectivity index (χ0v) is 21.8. The highest BCUT2D eigenvalue weighted by atomic mass is 19.1. The number of aryl methyl sites for hydroxylation is 1. The lowest BCUT2D eigenvalue weighted by atomic mass is 9.99. The van der Waals surface area contributed by atoms with Crippen molar-refractivity contribution in [3.63, 3.8) is 0 Å². The molecule has 0 saturated carbocycles. The topological polar surface area (TPSA) is 107 Å². The molecule has 1 atom stereocenters. The van der Waals surface area contributed by atoms with E-state index in [9.17, 15) is 14.4 Å². The molecular formula is C29H29FN6O2. The van der Waals surface area contributed by atoms with Gasteiger partial charge >= 0.3 is 6.09 Å². The molecule has 1 aliphatic heterocycles. The van der Waals surface area contributed by atoms with E-state index in [-0.39, 0.29) is 11.6 Å². The SMILES string of the molecule is Cc1cccc2[nH]c(-c3cncc(-c4cc(F)cc(C#N)c4)c3N3CC[C@H](NC(=O)OC(C)(C)C)C3)nc12. The molecule has 3 heterocycles. The predicted octanol–water partition coefficient (Wildman–Crippen LogP) is 5.71. The molecular weight excluding hydrogens is 483 g/mol. The van der Waals surface area contributed by atoms with Crippen LogP contribution in [0.5, 0.6) is 0 Å². The highest BCUT2D eigenvalue weighted by Crippen LogP contribution is 2.40. The van der Waals surface area contributed by atoms with Gasteiger partial charge in [0.05, 0.1) is 40.0 Å². The van der Waals surface area contributed by atoms with E-state index < -0.39 is 17.5 Å². The maximum absolute atomic E-state index is 14.5. The number of amides is 1. The van der Waals surface area contributed by atoms with Gasteiger partial charge in [0.15, 0.2) is 0 Å². The molecule has 9 heteroatoms. The zero-order valence-electron chi connectivity index (χ0n) is 21.8. The molecule has 5 rings (SSSR count). The number of H-pyrrole nitrogens is 1. The normalized spacial score (nSPS) is 15.5. The maximum Gasteiger partial charge on any atom is 0.407 e. The van der Waals surface area contributed by atoms with Gasteiger partial charge in [-0.05, 0) is 69.5 Å². The van der Waals surface area contributed by atoms with Gasteiger partial charge in [-0.1, -0.05) is 12.1 Å². The minimum Gasteiger partial charge on any atom is -0.444 e. The van der Waals surface area contributed by atoms with E-state index in [2.05, 4.69) is 20.2 Å². The molecule has 0 aliphatic carbocycles. The second-order valence-corrected chi connectivity index (χ2v) is 10.6. The number of alkyl carbamates (subject to hydrolysis) is 1. The molecule has 38 heavy (non-hydrogen) atoms. The first-order valence-corrected chi connectivity index (χ1v) is 12.5. The number of rotatable bonds is 4. The second kappa shape index (κ2) is 9.78. The quantitative estimate of drug-likeness (QED) is 0.362. The summed E-state index contributed by atoms with van der Waals surface area (Å²) >= 11 is 0. The number of anilines is 1. The average molecular weight is 513 g/mol. The fourth-order valence-corrected chi connectivity index (χ4v) is 4.85. The Morgan fingerprint density at radius 1 is 1.24 bits per heavy atom. The van der Waals surface area contributed by atoms with Crippen LogP contribution in [0.4, 0.5) is 14.9 Å². The third-order valence-corrected chi connectivity index (χ3v) is 6.45. The number of hydrogen-bond acceptors (Lipinski definition) is 6. The first-order chi connectivity index (χ1) is 18.1. The van der Waals surface area contributed by atoms with Crippen LogP contribution >= 0.6 is 0 Å². The van der Waals surface area contributed by atoms with Crippen molar-refractivity contribution in [3.8, 4) is 28.6 Å². The molecule has 8 nitrogen and oxygen atoms in total. The Bertz CT molecular complexity index is 1570. The van der Waals surface area contributed by atoms with Gasteiger partial charge in [-0.2, -0.15) is 5.26 Å². The van der Waals surface area contributed by atoms with Gasteiger partial charge in [-0.3, -0.25) is 4.98 Å². The van der Waals surface area contributed by atoms with Crippen molar-refractivity contribution in [2.45, 2.75) is 45.8 Å². The molecule has 194 valence electrons. The van der Waals surface area contributed by atoms with Crippen LogP contribution in [-0.2, 0) is 4.74 Å². The Labute approximate surface area is 220 Å². The van der Waals surface area contributed by atoms with E-state index in [4.69, 9.17) is 9.72 Å². The number of carbonyl (C=O) groups excluding carboxylic acids is 1. The lowest BCUT2D eigenvalue weighted by Crippen LogP contribution is -2.40. The number of nitriles is 1. The summed E-state index contributed by atoms with van der Waals surface area (Å²) in [5, 5.41) is 12.4. The summed E-state index contributed by atoms with van der Waals surface area (Å²) in [5.74, 6) is 0.139. The Morgan fingerprint density at radius 2 is 2.03 bits per heavy atom. The highest BCUT2D eigenvalue weighted by molar-refractivity contribution is 5.92. The number of nitrogens with zero attached hydrogens (tertiary/aromatic N) is 4. The van der Waals surface area contributed by atoms with Gasteiger partial charge in [-0.15, -0.1) is 0 Å². The standard InChI is InChI=1S/C29H29FN6O2/c1-17-6-5-7-24-25(17)35-27(34-24)23-15-32-14-22(19-10-18(13-31)11-20(30)12-19)26(23)36-9-8-21(16-36)33-28(37)38-29(2,3)4/h5-7,10-12,14-15,21H,8-9,16H2,1-4H3,(H,33,37)(H,34,35)/t21-/m0/s1. The number of pyridine rings is 1. The summed E-state index contributed by atoms with van der Waals surface area (Å²) in [6.45, 7) is 8.64. The van der Waals surface area contributed by atoms with Crippen LogP contribution in [0.15, 0.2) is 48.8 Å². The fourth-order valence-electron chi connectivity index (χ4n) is 4.85. The fraction of sp³-hybridized carbons (Fsp3) is 0.310. The molecule has 1 fully saturated rings. The number of carbonyl (C=O) groups is 1. The third kappa shape index (κ3) is 5.16. The van der Waals surface area contributed by atoms with Gasteiger partial charge in [0.2, 0.25) is 0 Å². The molecule has 0 unspecified atom stereocenters. The number of benzene rings is 2. The molecule has 2 aromatic heterocycles. The second-order valence-electron chi connectivity index (χ2n) is 10.6. The lowest BCUT2D eigenvalue weighted by Gasteiger charge is -2.25. The average Bonchev–Trinajstić information content (AvgIpc) is 3.50. The number of fused-ring (bicyclic) bond motifs is 1. The molecule has 1 saturated heterocycles. The van der Waals surface area contributed by atoms with Crippen molar-refractivity contribution in [2.24, 2.45) is 0 Å². The summed E-state index contributed by atoms with van der Waals surface area (Å²) < 4.78 is 19.9. The zero-order chi connectivity index (χ0) is 27.0. The molecule has 0 radical (unpaired) electrons. The maximum atomic E-state index is 14.5. The van der Waals surface area contributed by atoms with Crippen LogP contribution in [0.3, 0.4) is 0 Å². The summed E-state index contributed by atoms with van der Waals surface area (Å²) in [6, 6.07) is 12.1. The molecule has 1 aliphatic rings. The minimum absolute atomic E-state index is 0.140. The van der Waals surface area contributed by atoms with Crippen molar-refractivity contribution >= 4 is 22.8 Å². The summed E-state index contributed by atoms with van der Waals surface area (Å²) in [4.78, 5) is 27.3. The number of aromatic amines is 1. The van der Waals surface area contributed by atoms with Gasteiger partial charge in [0, 0.05) is 31.0 Å². The van der Waals surface area contributed by atoms with Gasteiger partial charge < -0.3 is 19.9 Å². The Balaban J connectivity index is 1.59. The van der Waals surface area contributed by atoms with Crippen molar-refractivity contribution < 1.29 is 13.9 Å². The summed E-state index contributed by atoms with van der Waals surface area (Å²) in [7, 11) is 0. The van der Waals surface area contributed by atoms with Gasteiger partial charge in [0.1, 0.15) is 17.2 Å². The van der Waals surface area contributed by atoms with Crippen molar-refractivity contribution in [2.75, 3.05) is 18.0 Å². The Kier molecular flexibility index (Phi) is 6.49. The largest absolute Gasteiger partial charge is 0.444 e. The van der Waals surface area contributed by atoms with Gasteiger partial charge in [0.25, 0.3) is 0 Å². The summed E-state index contributed by atoms with van der Waals surface area (Å²) in [5.41, 5.74) is 5.21. The van der Waals surface area contributed by atoms with Crippen LogP contribution < -0.4 is 10.2 Å². The van der Waals surface area contributed by atoms with E-state index in [1.807, 2.05) is 52.0 Å². The van der Waals surface area contributed by atoms with E-state index in [1.165, 1.54) is 12.1 Å². The number of imidazole rings is 1. The molecule has 0 bridgehead atoms. The predicted molar refractivity (Wildman–Crippen MR) is 144 cm³/mol. The van der Waals surface area contributed by atoms with Crippen LogP contribution in [0.1, 0.15) is 38.3 Å². The van der Waals surface area contributed by atoms with Crippen molar-refractivity contribution in [1.82, 2.24) is 20.3 Å². The minimum atomic E-state index is -0.594. The lowest BCUT2D eigenvalue weighted by molar-refractivity contribution is 0.0509. The highest BCUT2D eigenvalue weighted by Gasteiger charge is 2.30. The Morgan fingerprint density at radius 3 is 2.76 bits per heavy atom. The number of aromatic nitrogens is 3. The van der Waals surface area contributed by atoms with Crippen molar-refractivity contribution in [1.29, 1.82) is 5.26 Å². The van der Waals surface area contributed by atoms with Gasteiger partial charge in [-0.25, -0.2) is 14.2 Å². The van der Waals surface area contributed by atoms with E-state index in [0.717, 1.165) is 27.8 Å². The monoisotopic (exact) mass is 512 g/mol. The van der Waals surface area contributed by atoms with Crippen LogP contribution in [-0.4, -0.2) is 45.8 Å². The smallest absolute Gasteiger partial charge is 0.407 e. The number of para-hydroxylation sites is 1. The first kappa shape index (κ1) is 25.2. The van der Waals surface area contributed by atoms with Crippen LogP contribution in [0.2, 0.25) is 0 Å². The molecule has 2 aromatic carbocycles. The molecule has 0 spiro atoms. The third-order valence-electron chi connectivity index (χ3n) is 6.45. The first-order valence-electron chi connectivity index (χ1n) is 12.5. The van der Waals surface area contributed by atoms with E-state index in [1.54, 1.807) is 18.5 Å². The molecule has 1 amide bonds. The summed E-state index contributed by atoms with van der Waals surface area (Å²) in [6.07, 6.45) is 3.66. The Hall–Kier alpha value is -4.45. The van der Waals surface area contributed by atoms with E-state index in [0.29, 0.717) is 36.5 Å². The van der Waals surface area contributed by atoms with Crippen molar-refractivity contribution in [3.05, 3.63) is 65.7 Å². The number of nitrogens with one attached hydrogen (secondary N) is 2. The number of ether oxygens (including phenoxy) is 1. The number of hydrogen-bond donors (Lipinski definition) is 2. The molecule has 2 N–H and O–H groups in total.